The Hall–Kier alpha value is -1.84. The van der Waals surface area contributed by atoms with Crippen molar-refractivity contribution < 1.29 is 24.1 Å². The maximum atomic E-state index is 13.8. The maximum absolute atomic E-state index is 13.8. The van der Waals surface area contributed by atoms with E-state index in [9.17, 15) is 23.9 Å². The van der Waals surface area contributed by atoms with E-state index in [0.717, 1.165) is 4.57 Å². The van der Waals surface area contributed by atoms with Crippen molar-refractivity contribution >= 4 is 5.78 Å². The molecule has 1 saturated carbocycles. The van der Waals surface area contributed by atoms with Gasteiger partial charge in [0.2, 0.25) is 5.82 Å². The van der Waals surface area contributed by atoms with E-state index in [-0.39, 0.29) is 18.6 Å². The number of nitrogens with zero attached hydrogens (tertiary/aromatic N) is 2. The van der Waals surface area contributed by atoms with Crippen molar-refractivity contribution in [2.45, 2.75) is 43.7 Å². The van der Waals surface area contributed by atoms with Crippen molar-refractivity contribution in [3.63, 3.8) is 0 Å². The molecule has 1 unspecified atom stereocenters. The number of ether oxygens (including phenoxy) is 1. The van der Waals surface area contributed by atoms with Crippen LogP contribution in [0.5, 0.6) is 0 Å². The van der Waals surface area contributed by atoms with Gasteiger partial charge < -0.3 is 14.9 Å². The van der Waals surface area contributed by atoms with Gasteiger partial charge in [0, 0.05) is 12.8 Å². The Kier molecular flexibility index (Phi) is 3.71. The van der Waals surface area contributed by atoms with Crippen LogP contribution in [0.2, 0.25) is 0 Å². The number of halogens is 1. The topological polar surface area (TPSA) is 111 Å². The van der Waals surface area contributed by atoms with Crippen LogP contribution >= 0.6 is 0 Å². The van der Waals surface area contributed by atoms with Crippen molar-refractivity contribution in [3.8, 4) is 0 Å². The highest BCUT2D eigenvalue weighted by Crippen LogP contribution is 2.28. The van der Waals surface area contributed by atoms with Gasteiger partial charge in [-0.2, -0.15) is 4.39 Å². The number of rotatable bonds is 3. The fourth-order valence-corrected chi connectivity index (χ4v) is 2.75. The van der Waals surface area contributed by atoms with E-state index in [4.69, 9.17) is 9.84 Å². The zero-order chi connectivity index (χ0) is 16.0. The summed E-state index contributed by atoms with van der Waals surface area (Å²) in [6.45, 7) is -0.449. The number of ketones is 1. The predicted octanol–water partition coefficient (Wildman–Crippen LogP) is -1.31. The fourth-order valence-electron chi connectivity index (χ4n) is 2.75. The first-order valence-electron chi connectivity index (χ1n) is 6.94. The normalized spacial score (nSPS) is 31.3. The zero-order valence-corrected chi connectivity index (χ0v) is 11.5. The molecule has 0 bridgehead atoms. The van der Waals surface area contributed by atoms with Gasteiger partial charge in [-0.15, -0.1) is 0 Å². The third kappa shape index (κ3) is 2.21. The molecule has 1 saturated heterocycles. The molecule has 3 rings (SSSR count). The van der Waals surface area contributed by atoms with Crippen LogP contribution in [-0.2, 0) is 9.53 Å². The second-order valence-electron chi connectivity index (χ2n) is 5.48. The van der Waals surface area contributed by atoms with Crippen molar-refractivity contribution in [2.75, 3.05) is 6.61 Å². The first-order chi connectivity index (χ1) is 10.4. The van der Waals surface area contributed by atoms with Crippen LogP contribution in [0.15, 0.2) is 15.8 Å². The minimum atomic E-state index is -1.18. The number of carbonyl (C=O) groups excluding carboxylic acids is 1. The summed E-state index contributed by atoms with van der Waals surface area (Å²) < 4.78 is 20.6. The van der Waals surface area contributed by atoms with Crippen LogP contribution in [0.3, 0.4) is 0 Å². The molecule has 2 aliphatic rings. The molecule has 4 atom stereocenters. The Bertz CT molecular complexity index is 726. The summed E-state index contributed by atoms with van der Waals surface area (Å²) in [7, 11) is 0. The van der Waals surface area contributed by atoms with Crippen molar-refractivity contribution in [3.05, 3.63) is 32.9 Å². The minimum Gasteiger partial charge on any atom is -0.394 e. The molecule has 0 spiro atoms. The van der Waals surface area contributed by atoms with Gasteiger partial charge in [-0.3, -0.25) is 14.2 Å². The van der Waals surface area contributed by atoms with E-state index in [2.05, 4.69) is 0 Å². The highest BCUT2D eigenvalue weighted by Gasteiger charge is 2.38. The monoisotopic (exact) mass is 314 g/mol. The average molecular weight is 314 g/mol. The Morgan fingerprint density at radius 3 is 2.59 bits per heavy atom. The molecule has 22 heavy (non-hydrogen) atoms. The lowest BCUT2D eigenvalue weighted by Gasteiger charge is -2.26. The maximum Gasteiger partial charge on any atom is 0.333 e. The second-order valence-corrected chi connectivity index (χ2v) is 5.48. The third-order valence-electron chi connectivity index (χ3n) is 4.14. The summed E-state index contributed by atoms with van der Waals surface area (Å²) >= 11 is 0. The van der Waals surface area contributed by atoms with E-state index >= 15 is 0 Å². The van der Waals surface area contributed by atoms with E-state index in [0.29, 0.717) is 17.2 Å². The van der Waals surface area contributed by atoms with Crippen molar-refractivity contribution in [1.82, 2.24) is 9.13 Å². The van der Waals surface area contributed by atoms with Crippen molar-refractivity contribution in [2.24, 2.45) is 0 Å². The Morgan fingerprint density at radius 2 is 2.09 bits per heavy atom. The van der Waals surface area contributed by atoms with E-state index < -0.39 is 48.2 Å². The molecule has 1 aliphatic carbocycles. The summed E-state index contributed by atoms with van der Waals surface area (Å²) in [5.41, 5.74) is -2.00. The summed E-state index contributed by atoms with van der Waals surface area (Å²) in [4.78, 5) is 35.7. The summed E-state index contributed by atoms with van der Waals surface area (Å²) in [6, 6.07) is -0.943. The van der Waals surface area contributed by atoms with Gasteiger partial charge in [-0.1, -0.05) is 0 Å². The van der Waals surface area contributed by atoms with Gasteiger partial charge in [0.05, 0.1) is 18.9 Å². The first kappa shape index (κ1) is 15.1. The summed E-state index contributed by atoms with van der Waals surface area (Å²) in [5, 5.41) is 18.7. The van der Waals surface area contributed by atoms with Crippen LogP contribution in [0.25, 0.3) is 0 Å². The fraction of sp³-hybridized carbons (Fsp3) is 0.615. The van der Waals surface area contributed by atoms with Gasteiger partial charge in [0.25, 0.3) is 5.56 Å². The number of aromatic nitrogens is 2. The molecule has 1 aromatic heterocycles. The Morgan fingerprint density at radius 1 is 1.36 bits per heavy atom. The van der Waals surface area contributed by atoms with Crippen LogP contribution in [0.1, 0.15) is 31.5 Å². The predicted molar refractivity (Wildman–Crippen MR) is 69.8 cm³/mol. The molecule has 1 aliphatic heterocycles. The standard InChI is InChI=1S/C13H15FN2O6/c14-6-4-15(11-3-9(19)10(5-17)22-11)13(21)16(12(6)20)7-1-2-8(7)18/h4,7,9-11,17,19H,1-3,5H2/t7?,9-,10+,11+/m0/s1. The smallest absolute Gasteiger partial charge is 0.333 e. The Labute approximate surface area is 123 Å². The Balaban J connectivity index is 2.05. The molecule has 0 radical (unpaired) electrons. The van der Waals surface area contributed by atoms with Crippen LogP contribution in [0.4, 0.5) is 4.39 Å². The molecule has 120 valence electrons. The number of hydrogen-bond acceptors (Lipinski definition) is 6. The van der Waals surface area contributed by atoms with Crippen molar-refractivity contribution in [1.29, 1.82) is 0 Å². The number of Topliss-reactive ketones (excluding diaryl/α,β-unsaturated/α-hetero) is 1. The highest BCUT2D eigenvalue weighted by molar-refractivity contribution is 5.87. The van der Waals surface area contributed by atoms with Crippen LogP contribution in [0, 0.1) is 5.82 Å². The molecule has 1 aromatic rings. The van der Waals surface area contributed by atoms with Gasteiger partial charge in [-0.25, -0.2) is 9.36 Å². The second kappa shape index (κ2) is 5.41. The SMILES string of the molecule is O=C1CCC1n1c(=O)c(F)cn([C@H]2C[C@H](O)[C@@H](CO)O2)c1=O. The lowest BCUT2D eigenvalue weighted by molar-refractivity contribution is -0.128. The molecule has 2 N–H and O–H groups in total. The molecule has 9 heteroatoms. The summed E-state index contributed by atoms with van der Waals surface area (Å²) in [5.74, 6) is -1.47. The molecule has 2 heterocycles. The lowest BCUT2D eigenvalue weighted by Crippen LogP contribution is -2.49. The van der Waals surface area contributed by atoms with E-state index in [1.54, 1.807) is 0 Å². The van der Waals surface area contributed by atoms with Crippen LogP contribution < -0.4 is 11.2 Å². The number of aliphatic hydroxyl groups excluding tert-OH is 2. The first-order valence-corrected chi connectivity index (χ1v) is 6.94. The van der Waals surface area contributed by atoms with E-state index in [1.807, 2.05) is 0 Å². The molecule has 0 amide bonds. The summed E-state index contributed by atoms with van der Waals surface area (Å²) in [6.07, 6.45) is -1.65. The van der Waals surface area contributed by atoms with Gasteiger partial charge in [0.1, 0.15) is 18.4 Å². The quantitative estimate of drug-likeness (QED) is 0.717. The minimum absolute atomic E-state index is 0.0264. The molecule has 8 nitrogen and oxygen atoms in total. The van der Waals surface area contributed by atoms with Gasteiger partial charge in [-0.05, 0) is 6.42 Å². The molecule has 0 aromatic carbocycles. The molecule has 2 fully saturated rings. The van der Waals surface area contributed by atoms with Gasteiger partial charge in [0.15, 0.2) is 5.78 Å². The molecular formula is C13H15FN2O6. The van der Waals surface area contributed by atoms with Gasteiger partial charge >= 0.3 is 5.69 Å². The third-order valence-corrected chi connectivity index (χ3v) is 4.14. The average Bonchev–Trinajstić information content (AvgIpc) is 2.86. The zero-order valence-electron chi connectivity index (χ0n) is 11.5. The van der Waals surface area contributed by atoms with Crippen LogP contribution in [-0.4, -0.2) is 43.9 Å². The lowest BCUT2D eigenvalue weighted by atomic mass is 9.91. The largest absolute Gasteiger partial charge is 0.394 e. The number of hydrogen-bond donors (Lipinski definition) is 2. The highest BCUT2D eigenvalue weighted by atomic mass is 19.1. The molecular weight excluding hydrogens is 299 g/mol. The van der Waals surface area contributed by atoms with E-state index in [1.165, 1.54) is 0 Å². The number of carbonyl (C=O) groups is 1. The number of aliphatic hydroxyl groups is 2.